The molecule has 0 saturated carbocycles. The van der Waals surface area contributed by atoms with Gasteiger partial charge in [-0.2, -0.15) is 5.10 Å². The van der Waals surface area contributed by atoms with Crippen LogP contribution >= 0.6 is 23.4 Å². The van der Waals surface area contributed by atoms with Crippen LogP contribution in [-0.2, 0) is 4.79 Å². The van der Waals surface area contributed by atoms with Gasteiger partial charge in [0.2, 0.25) is 5.91 Å². The highest BCUT2D eigenvalue weighted by Crippen LogP contribution is 2.33. The van der Waals surface area contributed by atoms with Crippen molar-refractivity contribution in [3.8, 4) is 5.69 Å². The van der Waals surface area contributed by atoms with Gasteiger partial charge in [-0.1, -0.05) is 42.8 Å². The normalized spacial score (nSPS) is 15.6. The first-order valence-electron chi connectivity index (χ1n) is 9.62. The second kappa shape index (κ2) is 8.20. The molecule has 152 valence electrons. The maximum atomic E-state index is 13.2. The first-order chi connectivity index (χ1) is 14.0. The predicted molar refractivity (Wildman–Crippen MR) is 115 cm³/mol. The minimum Gasteiger partial charge on any atom is -0.346 e. The minimum atomic E-state index is -0.189. The third kappa shape index (κ3) is 3.79. The second-order valence-electron chi connectivity index (χ2n) is 7.18. The van der Waals surface area contributed by atoms with Gasteiger partial charge >= 0.3 is 0 Å². The quantitative estimate of drug-likeness (QED) is 0.558. The van der Waals surface area contributed by atoms with Gasteiger partial charge in [-0.15, -0.1) is 0 Å². The lowest BCUT2D eigenvalue weighted by Gasteiger charge is -2.20. The lowest BCUT2D eigenvalue weighted by atomic mass is 10.2. The van der Waals surface area contributed by atoms with Gasteiger partial charge in [-0.05, 0) is 24.6 Å². The average molecular weight is 432 g/mol. The summed E-state index contributed by atoms with van der Waals surface area (Å²) in [6.07, 6.45) is 3.85. The van der Waals surface area contributed by atoms with Crippen molar-refractivity contribution in [2.75, 3.05) is 19.3 Å². The SMILES string of the molecule is CCCCN(C)C(=O)CC1CSc2nc3c(cnn3-c3cccc(Cl)c3)c(=O)n21. The molecule has 0 radical (unpaired) electrons. The van der Waals surface area contributed by atoms with Crippen LogP contribution in [0.1, 0.15) is 32.2 Å². The van der Waals surface area contributed by atoms with Crippen LogP contribution in [-0.4, -0.2) is 49.5 Å². The number of amides is 1. The number of carbonyl (C=O) groups excluding carboxylic acids is 1. The first kappa shape index (κ1) is 20.0. The molecule has 1 unspecified atom stereocenters. The maximum Gasteiger partial charge on any atom is 0.265 e. The molecule has 1 aromatic carbocycles. The molecule has 9 heteroatoms. The Hall–Kier alpha value is -2.32. The monoisotopic (exact) mass is 431 g/mol. The van der Waals surface area contributed by atoms with E-state index in [-0.39, 0.29) is 17.5 Å². The van der Waals surface area contributed by atoms with E-state index in [1.165, 1.54) is 18.0 Å². The van der Waals surface area contributed by atoms with E-state index >= 15 is 0 Å². The van der Waals surface area contributed by atoms with E-state index in [4.69, 9.17) is 16.6 Å². The summed E-state index contributed by atoms with van der Waals surface area (Å²) < 4.78 is 3.28. The predicted octanol–water partition coefficient (Wildman–Crippen LogP) is 3.53. The molecule has 3 aromatic rings. The number of hydrogen-bond donors (Lipinski definition) is 0. The summed E-state index contributed by atoms with van der Waals surface area (Å²) in [6.45, 7) is 2.84. The van der Waals surface area contributed by atoms with Crippen LogP contribution < -0.4 is 5.56 Å². The highest BCUT2D eigenvalue weighted by Gasteiger charge is 2.30. The van der Waals surface area contributed by atoms with Crippen molar-refractivity contribution in [1.82, 2.24) is 24.2 Å². The van der Waals surface area contributed by atoms with Crippen molar-refractivity contribution in [3.63, 3.8) is 0 Å². The fraction of sp³-hybridized carbons (Fsp3) is 0.400. The van der Waals surface area contributed by atoms with Crippen LogP contribution in [0.2, 0.25) is 5.02 Å². The standard InChI is InChI=1S/C20H22ClN5O2S/c1-3-4-8-24(2)17(27)10-15-12-29-20-23-18-16(19(28)25(15)20)11-22-26(18)14-7-5-6-13(21)9-14/h5-7,9,11,15H,3-4,8,10,12H2,1-2H3. The Balaban J connectivity index is 1.67. The number of aromatic nitrogens is 4. The number of halogens is 1. The number of benzene rings is 1. The number of carbonyl (C=O) groups is 1. The van der Waals surface area contributed by atoms with Crippen molar-refractivity contribution < 1.29 is 4.79 Å². The van der Waals surface area contributed by atoms with E-state index in [0.717, 1.165) is 25.1 Å². The molecule has 0 N–H and O–H groups in total. The van der Waals surface area contributed by atoms with Crippen LogP contribution in [0.3, 0.4) is 0 Å². The molecule has 0 fully saturated rings. The van der Waals surface area contributed by atoms with Gasteiger partial charge in [-0.3, -0.25) is 14.2 Å². The summed E-state index contributed by atoms with van der Waals surface area (Å²) in [4.78, 5) is 32.2. The van der Waals surface area contributed by atoms with E-state index in [1.54, 1.807) is 26.3 Å². The Bertz CT molecular complexity index is 1130. The molecule has 0 saturated heterocycles. The van der Waals surface area contributed by atoms with E-state index in [2.05, 4.69) is 12.0 Å². The zero-order chi connectivity index (χ0) is 20.5. The maximum absolute atomic E-state index is 13.2. The fourth-order valence-electron chi connectivity index (χ4n) is 3.46. The van der Waals surface area contributed by atoms with Gasteiger partial charge in [0, 0.05) is 30.8 Å². The molecule has 0 spiro atoms. The highest BCUT2D eigenvalue weighted by atomic mass is 35.5. The van der Waals surface area contributed by atoms with Crippen molar-refractivity contribution >= 4 is 40.3 Å². The Kier molecular flexibility index (Phi) is 5.65. The van der Waals surface area contributed by atoms with Crippen molar-refractivity contribution in [1.29, 1.82) is 0 Å². The smallest absolute Gasteiger partial charge is 0.265 e. The van der Waals surface area contributed by atoms with Crippen molar-refractivity contribution in [2.24, 2.45) is 0 Å². The van der Waals surface area contributed by atoms with Gasteiger partial charge < -0.3 is 4.90 Å². The largest absolute Gasteiger partial charge is 0.346 e. The van der Waals surface area contributed by atoms with Gasteiger partial charge in [0.15, 0.2) is 10.8 Å². The molecule has 1 atom stereocenters. The van der Waals surface area contributed by atoms with E-state index < -0.39 is 0 Å². The lowest BCUT2D eigenvalue weighted by Crippen LogP contribution is -2.32. The van der Waals surface area contributed by atoms with Crippen LogP contribution in [0, 0.1) is 0 Å². The molecule has 1 aliphatic heterocycles. The molecule has 0 aliphatic carbocycles. The Morgan fingerprint density at radius 3 is 3.00 bits per heavy atom. The Morgan fingerprint density at radius 1 is 1.41 bits per heavy atom. The zero-order valence-electron chi connectivity index (χ0n) is 16.3. The average Bonchev–Trinajstić information content (AvgIpc) is 3.31. The number of thioether (sulfide) groups is 1. The lowest BCUT2D eigenvalue weighted by molar-refractivity contribution is -0.130. The van der Waals surface area contributed by atoms with E-state index in [0.29, 0.717) is 33.4 Å². The third-order valence-corrected chi connectivity index (χ3v) is 6.44. The van der Waals surface area contributed by atoms with Crippen molar-refractivity contribution in [3.05, 3.63) is 45.8 Å². The van der Waals surface area contributed by atoms with Crippen LogP contribution in [0.25, 0.3) is 16.7 Å². The van der Waals surface area contributed by atoms with Crippen LogP contribution in [0.4, 0.5) is 0 Å². The molecular formula is C20H22ClN5O2S. The number of unbranched alkanes of at least 4 members (excludes halogenated alkanes) is 1. The fourth-order valence-corrected chi connectivity index (χ4v) is 4.77. The summed E-state index contributed by atoms with van der Waals surface area (Å²) in [7, 11) is 1.82. The molecule has 1 aliphatic rings. The Morgan fingerprint density at radius 2 is 2.24 bits per heavy atom. The van der Waals surface area contributed by atoms with Crippen LogP contribution in [0.5, 0.6) is 0 Å². The summed E-state index contributed by atoms with van der Waals surface area (Å²) in [5, 5.41) is 6.00. The van der Waals surface area contributed by atoms with Gasteiger partial charge in [-0.25, -0.2) is 9.67 Å². The summed E-state index contributed by atoms with van der Waals surface area (Å²) in [5.41, 5.74) is 1.09. The zero-order valence-corrected chi connectivity index (χ0v) is 17.9. The third-order valence-electron chi connectivity index (χ3n) is 5.11. The summed E-state index contributed by atoms with van der Waals surface area (Å²) >= 11 is 7.60. The van der Waals surface area contributed by atoms with Crippen molar-refractivity contribution in [2.45, 2.75) is 37.4 Å². The van der Waals surface area contributed by atoms with Gasteiger partial charge in [0.1, 0.15) is 5.39 Å². The molecule has 2 aromatic heterocycles. The molecular weight excluding hydrogens is 410 g/mol. The molecule has 7 nitrogen and oxygen atoms in total. The first-order valence-corrected chi connectivity index (χ1v) is 11.0. The summed E-state index contributed by atoms with van der Waals surface area (Å²) in [6, 6.07) is 7.07. The van der Waals surface area contributed by atoms with Crippen LogP contribution in [0.15, 0.2) is 40.4 Å². The molecule has 29 heavy (non-hydrogen) atoms. The molecule has 0 bridgehead atoms. The molecule has 3 heterocycles. The number of hydrogen-bond acceptors (Lipinski definition) is 5. The second-order valence-corrected chi connectivity index (χ2v) is 8.60. The number of rotatable bonds is 6. The number of nitrogens with zero attached hydrogens (tertiary/aromatic N) is 5. The minimum absolute atomic E-state index is 0.0542. The van der Waals surface area contributed by atoms with Gasteiger partial charge in [0.25, 0.3) is 5.56 Å². The van der Waals surface area contributed by atoms with E-state index in [9.17, 15) is 9.59 Å². The summed E-state index contributed by atoms with van der Waals surface area (Å²) in [5.74, 6) is 0.714. The molecule has 4 rings (SSSR count). The molecule has 1 amide bonds. The Labute approximate surface area is 177 Å². The number of fused-ring (bicyclic) bond motifs is 2. The topological polar surface area (TPSA) is 73.0 Å². The highest BCUT2D eigenvalue weighted by molar-refractivity contribution is 7.99. The van der Waals surface area contributed by atoms with E-state index in [1.807, 2.05) is 19.2 Å². The van der Waals surface area contributed by atoms with Gasteiger partial charge in [0.05, 0.1) is 17.9 Å².